The number of benzene rings is 2. The zero-order chi connectivity index (χ0) is 22.7. The van der Waals surface area contributed by atoms with Crippen LogP contribution in [0.2, 0.25) is 0 Å². The Morgan fingerprint density at radius 2 is 1.81 bits per heavy atom. The van der Waals surface area contributed by atoms with Gasteiger partial charge >= 0.3 is 6.18 Å². The molecule has 0 bridgehead atoms. The first kappa shape index (κ1) is 22.2. The number of anilines is 2. The number of alkyl halides is 3. The lowest BCUT2D eigenvalue weighted by atomic mass is 10.1. The van der Waals surface area contributed by atoms with Crippen LogP contribution < -0.4 is 15.0 Å². The first-order chi connectivity index (χ1) is 15.3. The van der Waals surface area contributed by atoms with Crippen molar-refractivity contribution in [2.45, 2.75) is 12.3 Å². The lowest BCUT2D eigenvalue weighted by molar-refractivity contribution is -0.137. The number of piperazine rings is 1. The Balaban J connectivity index is 1.26. The molecule has 0 unspecified atom stereocenters. The Hall–Kier alpha value is -3.04. The van der Waals surface area contributed by atoms with Crippen molar-refractivity contribution in [2.24, 2.45) is 0 Å². The average Bonchev–Trinajstić information content (AvgIpc) is 2.78. The third-order valence-electron chi connectivity index (χ3n) is 5.53. The van der Waals surface area contributed by atoms with Gasteiger partial charge in [0, 0.05) is 38.4 Å². The summed E-state index contributed by atoms with van der Waals surface area (Å²) in [6, 6.07) is 10.6. The van der Waals surface area contributed by atoms with Gasteiger partial charge in [0.05, 0.1) is 17.4 Å². The molecule has 1 atom stereocenters. The molecule has 1 fully saturated rings. The zero-order valence-corrected chi connectivity index (χ0v) is 17.3. The van der Waals surface area contributed by atoms with Crippen LogP contribution in [0.1, 0.15) is 11.1 Å². The van der Waals surface area contributed by atoms with Crippen LogP contribution in [0.15, 0.2) is 48.5 Å². The minimum Gasteiger partial charge on any atom is -0.482 e. The van der Waals surface area contributed by atoms with E-state index in [1.165, 1.54) is 12.1 Å². The fraction of sp³-hybridized carbons (Fsp3) is 0.348. The average molecular weight is 447 g/mol. The topological polar surface area (TPSA) is 65.0 Å². The lowest BCUT2D eigenvalue weighted by Crippen LogP contribution is -2.48. The predicted octanol–water partition coefficient (Wildman–Crippen LogP) is 3.23. The molecule has 0 spiro atoms. The summed E-state index contributed by atoms with van der Waals surface area (Å²) in [7, 11) is 0. The number of nitrogens with one attached hydrogen (secondary N) is 1. The van der Waals surface area contributed by atoms with Crippen molar-refractivity contribution < 1.29 is 27.8 Å². The fourth-order valence-electron chi connectivity index (χ4n) is 3.79. The highest BCUT2D eigenvalue weighted by atomic mass is 19.4. The molecule has 32 heavy (non-hydrogen) atoms. The van der Waals surface area contributed by atoms with Crippen molar-refractivity contribution in [1.82, 2.24) is 4.90 Å². The molecule has 0 saturated carbocycles. The monoisotopic (exact) mass is 447 g/mol. The van der Waals surface area contributed by atoms with Gasteiger partial charge in [-0.1, -0.05) is 18.2 Å². The molecule has 9 heteroatoms. The summed E-state index contributed by atoms with van der Waals surface area (Å²) in [6.45, 7) is 3.22. The summed E-state index contributed by atoms with van der Waals surface area (Å²) >= 11 is 0. The second kappa shape index (κ2) is 9.22. The summed E-state index contributed by atoms with van der Waals surface area (Å²) in [5, 5.41) is 13.1. The molecule has 0 radical (unpaired) electrons. The number of fused-ring (bicyclic) bond motifs is 1. The lowest BCUT2D eigenvalue weighted by Gasteiger charge is -2.36. The third kappa shape index (κ3) is 5.41. The standard InChI is InChI=1S/C23H24F3N3O3/c24-23(25,26)17-3-5-18(6-4-17)29-11-9-28(10-12-29)14-19(30)7-1-16-2-8-20-21(13-16)32-15-22(31)27-20/h1-8,13,19,30H,9-12,14-15H2,(H,27,31)/t19-/m1/s1. The number of ether oxygens (including phenoxy) is 1. The Labute approximate surface area is 183 Å². The molecule has 170 valence electrons. The number of carbonyl (C=O) groups excluding carboxylic acids is 1. The third-order valence-corrected chi connectivity index (χ3v) is 5.53. The summed E-state index contributed by atoms with van der Waals surface area (Å²) in [4.78, 5) is 15.5. The van der Waals surface area contributed by atoms with E-state index in [1.807, 2.05) is 17.0 Å². The van der Waals surface area contributed by atoms with E-state index in [0.29, 0.717) is 44.2 Å². The molecule has 2 N–H and O–H groups in total. The van der Waals surface area contributed by atoms with Gasteiger partial charge in [-0.05, 0) is 42.0 Å². The van der Waals surface area contributed by atoms with Crippen LogP contribution in [0.25, 0.3) is 6.08 Å². The van der Waals surface area contributed by atoms with E-state index in [-0.39, 0.29) is 12.5 Å². The number of aliphatic hydroxyl groups is 1. The highest BCUT2D eigenvalue weighted by Crippen LogP contribution is 2.31. The van der Waals surface area contributed by atoms with Gasteiger partial charge in [-0.25, -0.2) is 0 Å². The molecule has 2 aliphatic rings. The first-order valence-corrected chi connectivity index (χ1v) is 10.4. The molecule has 2 heterocycles. The maximum Gasteiger partial charge on any atom is 0.416 e. The summed E-state index contributed by atoms with van der Waals surface area (Å²) in [5.41, 5.74) is 1.60. The van der Waals surface area contributed by atoms with E-state index in [9.17, 15) is 23.1 Å². The number of carbonyl (C=O) groups is 1. The van der Waals surface area contributed by atoms with E-state index in [2.05, 4.69) is 10.2 Å². The SMILES string of the molecule is O=C1COc2cc(C=C[C@@H](O)CN3CCN(c4ccc(C(F)(F)F)cc4)CC3)ccc2N1. The Morgan fingerprint density at radius 3 is 2.50 bits per heavy atom. The number of aliphatic hydroxyl groups excluding tert-OH is 1. The summed E-state index contributed by atoms with van der Waals surface area (Å²) < 4.78 is 43.6. The molecule has 0 aromatic heterocycles. The van der Waals surface area contributed by atoms with Gasteiger partial charge in [0.25, 0.3) is 5.91 Å². The maximum atomic E-state index is 12.7. The van der Waals surface area contributed by atoms with Crippen molar-refractivity contribution >= 4 is 23.4 Å². The molecule has 1 amide bonds. The van der Waals surface area contributed by atoms with Crippen LogP contribution in [0.3, 0.4) is 0 Å². The van der Waals surface area contributed by atoms with Crippen molar-refractivity contribution in [1.29, 1.82) is 0 Å². The fourth-order valence-corrected chi connectivity index (χ4v) is 3.79. The Kier molecular flexibility index (Phi) is 6.38. The molecule has 0 aliphatic carbocycles. The van der Waals surface area contributed by atoms with E-state index in [0.717, 1.165) is 23.4 Å². The number of hydrogen-bond donors (Lipinski definition) is 2. The molecule has 2 aromatic carbocycles. The van der Waals surface area contributed by atoms with Gasteiger partial charge in [0.15, 0.2) is 6.61 Å². The molecular formula is C23H24F3N3O3. The van der Waals surface area contributed by atoms with Gasteiger partial charge < -0.3 is 20.1 Å². The van der Waals surface area contributed by atoms with Gasteiger partial charge in [-0.15, -0.1) is 0 Å². The number of halogens is 3. The van der Waals surface area contributed by atoms with Crippen LogP contribution in [0.5, 0.6) is 5.75 Å². The number of hydrogen-bond acceptors (Lipinski definition) is 5. The normalized spacial score (nSPS) is 18.2. The molecule has 1 saturated heterocycles. The highest BCUT2D eigenvalue weighted by Gasteiger charge is 2.30. The van der Waals surface area contributed by atoms with Crippen LogP contribution in [-0.2, 0) is 11.0 Å². The van der Waals surface area contributed by atoms with Crippen molar-refractivity contribution in [3.05, 3.63) is 59.7 Å². The minimum absolute atomic E-state index is 0.0127. The molecule has 2 aromatic rings. The van der Waals surface area contributed by atoms with Crippen molar-refractivity contribution in [2.75, 3.05) is 49.5 Å². The van der Waals surface area contributed by atoms with Gasteiger partial charge in [-0.2, -0.15) is 13.2 Å². The zero-order valence-electron chi connectivity index (χ0n) is 17.3. The number of nitrogens with zero attached hydrogens (tertiary/aromatic N) is 2. The Bertz CT molecular complexity index is 984. The highest BCUT2D eigenvalue weighted by molar-refractivity contribution is 5.95. The van der Waals surface area contributed by atoms with Crippen LogP contribution in [-0.4, -0.2) is 61.3 Å². The van der Waals surface area contributed by atoms with Crippen molar-refractivity contribution in [3.8, 4) is 5.75 Å². The van der Waals surface area contributed by atoms with E-state index < -0.39 is 17.8 Å². The molecular weight excluding hydrogens is 423 g/mol. The second-order valence-electron chi connectivity index (χ2n) is 7.85. The predicted molar refractivity (Wildman–Crippen MR) is 116 cm³/mol. The number of β-amino-alcohol motifs (C(OH)–C–C–N with tert-alkyl or cyclic N) is 1. The minimum atomic E-state index is -4.33. The first-order valence-electron chi connectivity index (χ1n) is 10.4. The molecule has 2 aliphatic heterocycles. The van der Waals surface area contributed by atoms with Crippen molar-refractivity contribution in [3.63, 3.8) is 0 Å². The quantitative estimate of drug-likeness (QED) is 0.737. The second-order valence-corrected chi connectivity index (χ2v) is 7.85. The number of amides is 1. The smallest absolute Gasteiger partial charge is 0.416 e. The number of rotatable bonds is 5. The molecule has 4 rings (SSSR count). The van der Waals surface area contributed by atoms with E-state index in [1.54, 1.807) is 18.2 Å². The summed E-state index contributed by atoms with van der Waals surface area (Å²) in [6.07, 6.45) is -1.47. The van der Waals surface area contributed by atoms with E-state index >= 15 is 0 Å². The van der Waals surface area contributed by atoms with Gasteiger partial charge in [0.1, 0.15) is 5.75 Å². The Morgan fingerprint density at radius 1 is 1.09 bits per heavy atom. The maximum absolute atomic E-state index is 12.7. The van der Waals surface area contributed by atoms with Crippen LogP contribution >= 0.6 is 0 Å². The van der Waals surface area contributed by atoms with Gasteiger partial charge in [-0.3, -0.25) is 9.69 Å². The molecule has 6 nitrogen and oxygen atoms in total. The van der Waals surface area contributed by atoms with Crippen LogP contribution in [0, 0.1) is 0 Å². The van der Waals surface area contributed by atoms with Gasteiger partial charge in [0.2, 0.25) is 0 Å². The largest absolute Gasteiger partial charge is 0.482 e. The van der Waals surface area contributed by atoms with Crippen LogP contribution in [0.4, 0.5) is 24.5 Å². The van der Waals surface area contributed by atoms with E-state index in [4.69, 9.17) is 4.74 Å². The summed E-state index contributed by atoms with van der Waals surface area (Å²) in [5.74, 6) is 0.412.